The second-order valence-corrected chi connectivity index (χ2v) is 4.20. The van der Waals surface area contributed by atoms with Crippen molar-refractivity contribution in [3.05, 3.63) is 17.5 Å². The second kappa shape index (κ2) is 2.53. The van der Waals surface area contributed by atoms with Crippen molar-refractivity contribution in [3.63, 3.8) is 0 Å². The van der Waals surface area contributed by atoms with Crippen LogP contribution in [-0.2, 0) is 12.6 Å². The smallest absolute Gasteiger partial charge is 0.252 e. The Kier molecular flexibility index (Phi) is 1.73. The molecule has 5 heteroatoms. The van der Waals surface area contributed by atoms with Crippen LogP contribution in [0.3, 0.4) is 0 Å². The van der Waals surface area contributed by atoms with Gasteiger partial charge in [0.15, 0.2) is 0 Å². The van der Waals surface area contributed by atoms with Crippen molar-refractivity contribution in [2.24, 2.45) is 12.8 Å². The normalized spacial score (nSPS) is 23.2. The van der Waals surface area contributed by atoms with E-state index >= 15 is 0 Å². The molecule has 2 N–H and O–H groups in total. The highest BCUT2D eigenvalue weighted by Crippen LogP contribution is 2.49. The second-order valence-electron chi connectivity index (χ2n) is 4.20. The predicted octanol–water partition coefficient (Wildman–Crippen LogP) is 1.31. The molecule has 14 heavy (non-hydrogen) atoms. The van der Waals surface area contributed by atoms with E-state index in [0.717, 1.165) is 5.56 Å². The third-order valence-corrected chi connectivity index (χ3v) is 2.63. The first kappa shape index (κ1) is 9.58. The van der Waals surface area contributed by atoms with Crippen LogP contribution in [-0.4, -0.2) is 15.7 Å². The molecule has 0 atom stereocenters. The van der Waals surface area contributed by atoms with E-state index < -0.39 is 11.5 Å². The van der Waals surface area contributed by atoms with Gasteiger partial charge in [0.25, 0.3) is 5.92 Å². The monoisotopic (exact) mass is 201 g/mol. The van der Waals surface area contributed by atoms with E-state index in [1.807, 2.05) is 6.92 Å². The molecule has 1 fully saturated rings. The van der Waals surface area contributed by atoms with Crippen molar-refractivity contribution in [1.29, 1.82) is 0 Å². The van der Waals surface area contributed by atoms with Crippen molar-refractivity contribution in [2.45, 2.75) is 31.2 Å². The van der Waals surface area contributed by atoms with Gasteiger partial charge in [-0.25, -0.2) is 8.78 Å². The highest BCUT2D eigenvalue weighted by atomic mass is 19.3. The Bertz CT molecular complexity index is 362. The van der Waals surface area contributed by atoms with Crippen LogP contribution in [0.25, 0.3) is 0 Å². The zero-order valence-electron chi connectivity index (χ0n) is 8.22. The van der Waals surface area contributed by atoms with E-state index in [9.17, 15) is 8.78 Å². The number of hydrogen-bond acceptors (Lipinski definition) is 2. The summed E-state index contributed by atoms with van der Waals surface area (Å²) in [5.41, 5.74) is 6.42. The fourth-order valence-corrected chi connectivity index (χ4v) is 2.14. The van der Waals surface area contributed by atoms with E-state index in [-0.39, 0.29) is 12.8 Å². The lowest BCUT2D eigenvalue weighted by Crippen LogP contribution is -2.56. The summed E-state index contributed by atoms with van der Waals surface area (Å²) in [6.07, 6.45) is 1.20. The standard InChI is InChI=1S/C9H13F2N3/c1-6-3-14(2)13-7(6)8(12)4-9(10,11)5-8/h3H,4-5,12H2,1-2H3. The van der Waals surface area contributed by atoms with Crippen LogP contribution in [0.2, 0.25) is 0 Å². The van der Waals surface area contributed by atoms with E-state index in [4.69, 9.17) is 5.73 Å². The molecule has 0 unspecified atom stereocenters. The van der Waals surface area contributed by atoms with Gasteiger partial charge in [0, 0.05) is 26.1 Å². The third-order valence-electron chi connectivity index (χ3n) is 2.63. The molecule has 1 aliphatic carbocycles. The van der Waals surface area contributed by atoms with Crippen LogP contribution in [0.4, 0.5) is 8.78 Å². The zero-order valence-corrected chi connectivity index (χ0v) is 8.22. The lowest BCUT2D eigenvalue weighted by molar-refractivity contribution is -0.126. The molecule has 0 aliphatic heterocycles. The van der Waals surface area contributed by atoms with Gasteiger partial charge in [0.05, 0.1) is 11.2 Å². The molecular weight excluding hydrogens is 188 g/mol. The summed E-state index contributed by atoms with van der Waals surface area (Å²) in [6.45, 7) is 1.84. The number of nitrogens with zero attached hydrogens (tertiary/aromatic N) is 2. The van der Waals surface area contributed by atoms with Gasteiger partial charge >= 0.3 is 0 Å². The van der Waals surface area contributed by atoms with E-state index in [1.165, 1.54) is 0 Å². The molecule has 0 bridgehead atoms. The number of aromatic nitrogens is 2. The molecular formula is C9H13F2N3. The fourth-order valence-electron chi connectivity index (χ4n) is 2.14. The first-order valence-electron chi connectivity index (χ1n) is 4.50. The molecule has 0 amide bonds. The SMILES string of the molecule is Cc1cn(C)nc1C1(N)CC(F)(F)C1. The molecule has 1 aromatic heterocycles. The van der Waals surface area contributed by atoms with Crippen LogP contribution in [0.15, 0.2) is 6.20 Å². The highest BCUT2D eigenvalue weighted by Gasteiger charge is 2.56. The molecule has 0 radical (unpaired) electrons. The minimum Gasteiger partial charge on any atom is -0.320 e. The third kappa shape index (κ3) is 1.32. The van der Waals surface area contributed by atoms with E-state index in [0.29, 0.717) is 5.69 Å². The number of alkyl halides is 2. The molecule has 2 rings (SSSR count). The van der Waals surface area contributed by atoms with E-state index in [1.54, 1.807) is 17.9 Å². The Morgan fingerprint density at radius 1 is 1.50 bits per heavy atom. The first-order valence-corrected chi connectivity index (χ1v) is 4.50. The van der Waals surface area contributed by atoms with Gasteiger partial charge in [0.1, 0.15) is 0 Å². The van der Waals surface area contributed by atoms with Gasteiger partial charge in [-0.3, -0.25) is 4.68 Å². The van der Waals surface area contributed by atoms with Crippen LogP contribution < -0.4 is 5.73 Å². The Labute approximate surface area is 80.9 Å². The summed E-state index contributed by atoms with van der Waals surface area (Å²) in [4.78, 5) is 0. The maximum atomic E-state index is 12.7. The minimum absolute atomic E-state index is 0.294. The molecule has 1 saturated carbocycles. The predicted molar refractivity (Wildman–Crippen MR) is 48.0 cm³/mol. The largest absolute Gasteiger partial charge is 0.320 e. The molecule has 1 heterocycles. The average Bonchev–Trinajstić information content (AvgIpc) is 2.25. The molecule has 1 aromatic rings. The van der Waals surface area contributed by atoms with Gasteiger partial charge in [-0.2, -0.15) is 5.10 Å². The maximum absolute atomic E-state index is 12.7. The van der Waals surface area contributed by atoms with Gasteiger partial charge in [-0.05, 0) is 12.5 Å². The van der Waals surface area contributed by atoms with Crippen LogP contribution in [0.5, 0.6) is 0 Å². The number of aryl methyl sites for hydroxylation is 2. The van der Waals surface area contributed by atoms with Crippen molar-refractivity contribution in [3.8, 4) is 0 Å². The topological polar surface area (TPSA) is 43.8 Å². The first-order chi connectivity index (χ1) is 6.32. The summed E-state index contributed by atoms with van der Waals surface area (Å²) in [7, 11) is 1.76. The molecule has 0 saturated heterocycles. The number of nitrogens with two attached hydrogens (primary N) is 1. The summed E-state index contributed by atoms with van der Waals surface area (Å²) in [5.74, 6) is -2.61. The summed E-state index contributed by atoms with van der Waals surface area (Å²) >= 11 is 0. The van der Waals surface area contributed by atoms with Gasteiger partial charge in [-0.15, -0.1) is 0 Å². The molecule has 0 spiro atoms. The number of hydrogen-bond donors (Lipinski definition) is 1. The maximum Gasteiger partial charge on any atom is 0.252 e. The van der Waals surface area contributed by atoms with E-state index in [2.05, 4.69) is 5.10 Å². The Morgan fingerprint density at radius 2 is 2.07 bits per heavy atom. The molecule has 78 valence electrons. The van der Waals surface area contributed by atoms with Crippen molar-refractivity contribution in [1.82, 2.24) is 9.78 Å². The molecule has 3 nitrogen and oxygen atoms in total. The van der Waals surface area contributed by atoms with Crippen molar-refractivity contribution < 1.29 is 8.78 Å². The quantitative estimate of drug-likeness (QED) is 0.744. The Balaban J connectivity index is 2.29. The van der Waals surface area contributed by atoms with Crippen molar-refractivity contribution in [2.75, 3.05) is 0 Å². The highest BCUT2D eigenvalue weighted by molar-refractivity contribution is 5.28. The lowest BCUT2D eigenvalue weighted by atomic mass is 9.71. The van der Waals surface area contributed by atoms with Crippen LogP contribution in [0.1, 0.15) is 24.1 Å². The number of rotatable bonds is 1. The Hall–Kier alpha value is -0.970. The number of halogens is 2. The zero-order chi connectivity index (χ0) is 10.6. The minimum atomic E-state index is -2.61. The summed E-state index contributed by atoms with van der Waals surface area (Å²) in [6, 6.07) is 0. The van der Waals surface area contributed by atoms with Gasteiger partial charge in [-0.1, -0.05) is 0 Å². The molecule has 1 aliphatic rings. The van der Waals surface area contributed by atoms with Gasteiger partial charge in [0.2, 0.25) is 0 Å². The fraction of sp³-hybridized carbons (Fsp3) is 0.667. The summed E-state index contributed by atoms with van der Waals surface area (Å²) in [5, 5.41) is 4.13. The summed E-state index contributed by atoms with van der Waals surface area (Å²) < 4.78 is 27.1. The van der Waals surface area contributed by atoms with Crippen LogP contribution >= 0.6 is 0 Å². The molecule has 0 aromatic carbocycles. The van der Waals surface area contributed by atoms with Gasteiger partial charge < -0.3 is 5.73 Å². The Morgan fingerprint density at radius 3 is 2.43 bits per heavy atom. The van der Waals surface area contributed by atoms with Crippen LogP contribution in [0, 0.1) is 6.92 Å². The lowest BCUT2D eigenvalue weighted by Gasteiger charge is -2.43. The van der Waals surface area contributed by atoms with Crippen molar-refractivity contribution >= 4 is 0 Å². The average molecular weight is 201 g/mol.